The smallest absolute Gasteiger partial charge is 0.325 e. The average Bonchev–Trinajstić information content (AvgIpc) is 3.02. The highest BCUT2D eigenvalue weighted by molar-refractivity contribution is 7.91. The van der Waals surface area contributed by atoms with Gasteiger partial charge in [-0.15, -0.1) is 0 Å². The second-order valence-corrected chi connectivity index (χ2v) is 9.73. The molecule has 0 aromatic carbocycles. The second-order valence-electron chi connectivity index (χ2n) is 7.50. The van der Waals surface area contributed by atoms with E-state index in [0.717, 1.165) is 24.2 Å². The first-order valence-corrected chi connectivity index (χ1v) is 10.6. The van der Waals surface area contributed by atoms with Crippen LogP contribution in [0.2, 0.25) is 0 Å². The van der Waals surface area contributed by atoms with Crippen LogP contribution in [0.4, 0.5) is 4.79 Å². The van der Waals surface area contributed by atoms with Gasteiger partial charge in [-0.1, -0.05) is 19.8 Å². The summed E-state index contributed by atoms with van der Waals surface area (Å²) < 4.78 is 23.2. The summed E-state index contributed by atoms with van der Waals surface area (Å²) in [5, 5.41) is 2.82. The molecule has 3 atom stereocenters. The molecule has 140 valence electrons. The van der Waals surface area contributed by atoms with Gasteiger partial charge in [0.2, 0.25) is 5.91 Å². The van der Waals surface area contributed by atoms with Crippen LogP contribution in [0.3, 0.4) is 0 Å². The quantitative estimate of drug-likeness (QED) is 0.711. The predicted octanol–water partition coefficient (Wildman–Crippen LogP) is 0.133. The van der Waals surface area contributed by atoms with Gasteiger partial charge in [-0.25, -0.2) is 13.2 Å². The van der Waals surface area contributed by atoms with Crippen molar-refractivity contribution in [2.75, 3.05) is 25.1 Å². The molecule has 4 amide bonds. The molecule has 0 aromatic rings. The fourth-order valence-electron chi connectivity index (χ4n) is 4.17. The molecule has 0 bridgehead atoms. The Morgan fingerprint density at radius 2 is 2.04 bits per heavy atom. The molecule has 2 aliphatic heterocycles. The highest BCUT2D eigenvalue weighted by atomic mass is 32.2. The van der Waals surface area contributed by atoms with Crippen molar-refractivity contribution < 1.29 is 22.8 Å². The Balaban J connectivity index is 1.69. The minimum atomic E-state index is -3.11. The van der Waals surface area contributed by atoms with Crippen LogP contribution in [0.25, 0.3) is 0 Å². The van der Waals surface area contributed by atoms with E-state index in [1.165, 1.54) is 11.9 Å². The van der Waals surface area contributed by atoms with Gasteiger partial charge in [0, 0.05) is 13.1 Å². The number of urea groups is 1. The Kier molecular flexibility index (Phi) is 4.55. The maximum Gasteiger partial charge on any atom is 0.325 e. The standard InChI is InChI=1S/C16H25N3O5S/c1-11-5-3-4-7-16(11)14(21)19(15(22)17-16)9-13(20)18(2)12-6-8-25(23,24)10-12/h11-12H,3-10H2,1-2H3,(H,17,22)/t11-,12+,16-/m0/s1. The molecule has 1 saturated carbocycles. The molecule has 8 nitrogen and oxygen atoms in total. The average molecular weight is 371 g/mol. The maximum absolute atomic E-state index is 12.9. The summed E-state index contributed by atoms with van der Waals surface area (Å²) in [5.74, 6) is -0.692. The van der Waals surface area contributed by atoms with Crippen molar-refractivity contribution >= 4 is 27.7 Å². The number of nitrogens with zero attached hydrogens (tertiary/aromatic N) is 2. The first-order valence-electron chi connectivity index (χ1n) is 8.76. The number of hydrogen-bond donors (Lipinski definition) is 1. The molecule has 9 heteroatoms. The Bertz CT molecular complexity index is 707. The highest BCUT2D eigenvalue weighted by Crippen LogP contribution is 2.38. The molecule has 3 aliphatic rings. The molecule has 3 rings (SSSR count). The predicted molar refractivity (Wildman–Crippen MR) is 90.4 cm³/mol. The topological polar surface area (TPSA) is 104 Å². The summed E-state index contributed by atoms with van der Waals surface area (Å²) >= 11 is 0. The number of nitrogens with one attached hydrogen (secondary N) is 1. The molecule has 2 saturated heterocycles. The highest BCUT2D eigenvalue weighted by Gasteiger charge is 2.55. The number of amides is 4. The van der Waals surface area contributed by atoms with Crippen LogP contribution in [0.1, 0.15) is 39.0 Å². The van der Waals surface area contributed by atoms with Crippen LogP contribution in [0, 0.1) is 5.92 Å². The van der Waals surface area contributed by atoms with Gasteiger partial charge >= 0.3 is 6.03 Å². The van der Waals surface area contributed by atoms with E-state index in [9.17, 15) is 22.8 Å². The molecule has 3 fully saturated rings. The lowest BCUT2D eigenvalue weighted by atomic mass is 9.73. The van der Waals surface area contributed by atoms with E-state index in [0.29, 0.717) is 12.8 Å². The van der Waals surface area contributed by atoms with Crippen LogP contribution >= 0.6 is 0 Å². The fourth-order valence-corrected chi connectivity index (χ4v) is 5.94. The van der Waals surface area contributed by atoms with E-state index in [4.69, 9.17) is 0 Å². The Labute approximate surface area is 147 Å². The monoisotopic (exact) mass is 371 g/mol. The molecule has 0 radical (unpaired) electrons. The zero-order valence-electron chi connectivity index (χ0n) is 14.7. The van der Waals surface area contributed by atoms with E-state index in [-0.39, 0.29) is 35.9 Å². The molecule has 1 aliphatic carbocycles. The fraction of sp³-hybridized carbons (Fsp3) is 0.812. The Morgan fingerprint density at radius 1 is 1.32 bits per heavy atom. The molecule has 25 heavy (non-hydrogen) atoms. The van der Waals surface area contributed by atoms with Crippen LogP contribution in [0.5, 0.6) is 0 Å². The second kappa shape index (κ2) is 6.26. The van der Waals surface area contributed by atoms with Crippen molar-refractivity contribution in [3.05, 3.63) is 0 Å². The third-order valence-corrected chi connectivity index (χ3v) is 7.69. The largest absolute Gasteiger partial charge is 0.340 e. The Morgan fingerprint density at radius 3 is 2.64 bits per heavy atom. The number of sulfone groups is 1. The van der Waals surface area contributed by atoms with Gasteiger partial charge in [-0.2, -0.15) is 0 Å². The molecular formula is C16H25N3O5S. The number of likely N-dealkylation sites (N-methyl/N-ethyl adjacent to an activating group) is 1. The van der Waals surface area contributed by atoms with Crippen molar-refractivity contribution in [2.45, 2.75) is 50.6 Å². The molecular weight excluding hydrogens is 346 g/mol. The summed E-state index contributed by atoms with van der Waals surface area (Å²) in [6.45, 7) is 1.62. The van der Waals surface area contributed by atoms with E-state index in [1.807, 2.05) is 6.92 Å². The first-order chi connectivity index (χ1) is 11.7. The van der Waals surface area contributed by atoms with Crippen LogP contribution < -0.4 is 5.32 Å². The number of imide groups is 1. The summed E-state index contributed by atoms with van der Waals surface area (Å²) in [4.78, 5) is 40.0. The number of carbonyl (C=O) groups excluding carboxylic acids is 3. The van der Waals surface area contributed by atoms with Crippen molar-refractivity contribution in [3.8, 4) is 0 Å². The van der Waals surface area contributed by atoms with Crippen molar-refractivity contribution in [3.63, 3.8) is 0 Å². The van der Waals surface area contributed by atoms with Crippen LogP contribution in [-0.2, 0) is 19.4 Å². The summed E-state index contributed by atoms with van der Waals surface area (Å²) in [7, 11) is -1.57. The molecule has 1 N–H and O–H groups in total. The first kappa shape index (κ1) is 18.2. The zero-order chi connectivity index (χ0) is 18.4. The maximum atomic E-state index is 12.9. The van der Waals surface area contributed by atoms with Crippen LogP contribution in [0.15, 0.2) is 0 Å². The van der Waals surface area contributed by atoms with Gasteiger partial charge < -0.3 is 10.2 Å². The van der Waals surface area contributed by atoms with Crippen molar-refractivity contribution in [2.24, 2.45) is 5.92 Å². The van der Waals surface area contributed by atoms with Gasteiger partial charge in [0.25, 0.3) is 5.91 Å². The van der Waals surface area contributed by atoms with Gasteiger partial charge in [0.05, 0.1) is 11.5 Å². The summed E-state index contributed by atoms with van der Waals surface area (Å²) in [5.41, 5.74) is -0.884. The lowest BCUT2D eigenvalue weighted by Crippen LogP contribution is -2.54. The van der Waals surface area contributed by atoms with E-state index in [2.05, 4.69) is 5.32 Å². The number of carbonyl (C=O) groups is 3. The number of rotatable bonds is 3. The normalized spacial score (nSPS) is 34.4. The molecule has 1 spiro atoms. The van der Waals surface area contributed by atoms with Crippen molar-refractivity contribution in [1.29, 1.82) is 0 Å². The minimum absolute atomic E-state index is 0.0375. The zero-order valence-corrected chi connectivity index (χ0v) is 15.5. The molecule has 0 aromatic heterocycles. The third kappa shape index (κ3) is 3.14. The minimum Gasteiger partial charge on any atom is -0.340 e. The molecule has 0 unspecified atom stereocenters. The van der Waals surface area contributed by atoms with E-state index < -0.39 is 27.3 Å². The summed E-state index contributed by atoms with van der Waals surface area (Å²) in [6, 6.07) is -0.916. The van der Waals surface area contributed by atoms with Gasteiger partial charge in [-0.05, 0) is 25.2 Å². The summed E-state index contributed by atoms with van der Waals surface area (Å²) in [6.07, 6.45) is 3.77. The van der Waals surface area contributed by atoms with Gasteiger partial charge in [0.15, 0.2) is 9.84 Å². The number of hydrogen-bond acceptors (Lipinski definition) is 5. The van der Waals surface area contributed by atoms with Gasteiger partial charge in [0.1, 0.15) is 12.1 Å². The van der Waals surface area contributed by atoms with Crippen LogP contribution in [-0.4, -0.2) is 72.7 Å². The lowest BCUT2D eigenvalue weighted by molar-refractivity contribution is -0.140. The van der Waals surface area contributed by atoms with Gasteiger partial charge in [-0.3, -0.25) is 14.5 Å². The SMILES string of the molecule is C[C@H]1CCCC[C@]12NC(=O)N(CC(=O)N(C)[C@@H]1CCS(=O)(=O)C1)C2=O. The molecule has 2 heterocycles. The lowest BCUT2D eigenvalue weighted by Gasteiger charge is -2.36. The van der Waals surface area contributed by atoms with Crippen molar-refractivity contribution in [1.82, 2.24) is 15.1 Å². The van der Waals surface area contributed by atoms with E-state index in [1.54, 1.807) is 0 Å². The third-order valence-electron chi connectivity index (χ3n) is 5.94. The Hall–Kier alpha value is -1.64. The van der Waals surface area contributed by atoms with E-state index >= 15 is 0 Å².